The second-order valence-corrected chi connectivity index (χ2v) is 5.50. The molecule has 0 aliphatic rings. The van der Waals surface area contributed by atoms with Gasteiger partial charge in [0.1, 0.15) is 5.75 Å². The van der Waals surface area contributed by atoms with E-state index in [-0.39, 0.29) is 0 Å². The van der Waals surface area contributed by atoms with Crippen LogP contribution in [0.15, 0.2) is 47.6 Å². The number of benzene rings is 2. The fourth-order valence-electron chi connectivity index (χ4n) is 1.99. The normalized spacial score (nSPS) is 10.5. The summed E-state index contributed by atoms with van der Waals surface area (Å²) in [4.78, 5) is 23.6. The molecule has 0 spiro atoms. The number of nitrogens with one attached hydrogen (secondary N) is 2. The number of nitrogens with zero attached hydrogens (tertiary/aromatic N) is 1. The third kappa shape index (κ3) is 5.32. The minimum absolute atomic E-state index is 0.422. The largest absolute Gasteiger partial charge is 0.495 e. The van der Waals surface area contributed by atoms with E-state index in [9.17, 15) is 9.59 Å². The number of aryl methyl sites for hydroxylation is 1. The van der Waals surface area contributed by atoms with E-state index >= 15 is 0 Å². The molecule has 2 aromatic rings. The van der Waals surface area contributed by atoms with Crippen molar-refractivity contribution in [3.63, 3.8) is 0 Å². The van der Waals surface area contributed by atoms with Crippen LogP contribution in [-0.2, 0) is 16.0 Å². The maximum atomic E-state index is 11.8. The van der Waals surface area contributed by atoms with Crippen LogP contribution in [0.2, 0.25) is 5.02 Å². The topological polar surface area (TPSA) is 79.8 Å². The predicted octanol–water partition coefficient (Wildman–Crippen LogP) is 3.00. The van der Waals surface area contributed by atoms with Gasteiger partial charge in [-0.25, -0.2) is 5.43 Å². The molecule has 0 aliphatic heterocycles. The summed E-state index contributed by atoms with van der Waals surface area (Å²) in [5.74, 6) is -1.12. The van der Waals surface area contributed by atoms with Gasteiger partial charge in [-0.15, -0.1) is 0 Å². The van der Waals surface area contributed by atoms with Gasteiger partial charge in [-0.05, 0) is 47.9 Å². The molecule has 2 amide bonds. The van der Waals surface area contributed by atoms with Crippen LogP contribution in [0, 0.1) is 0 Å². The highest BCUT2D eigenvalue weighted by atomic mass is 35.5. The maximum Gasteiger partial charge on any atom is 0.329 e. The van der Waals surface area contributed by atoms with Crippen molar-refractivity contribution in [3.05, 3.63) is 58.6 Å². The Labute approximate surface area is 150 Å². The van der Waals surface area contributed by atoms with Crippen molar-refractivity contribution in [1.82, 2.24) is 5.43 Å². The number of rotatable bonds is 5. The van der Waals surface area contributed by atoms with E-state index in [0.29, 0.717) is 22.0 Å². The van der Waals surface area contributed by atoms with Crippen molar-refractivity contribution in [2.45, 2.75) is 13.3 Å². The van der Waals surface area contributed by atoms with Crippen molar-refractivity contribution in [3.8, 4) is 5.75 Å². The van der Waals surface area contributed by atoms with Gasteiger partial charge in [0.15, 0.2) is 0 Å². The van der Waals surface area contributed by atoms with Gasteiger partial charge in [-0.3, -0.25) is 9.59 Å². The Morgan fingerprint density at radius 1 is 1.16 bits per heavy atom. The van der Waals surface area contributed by atoms with Crippen molar-refractivity contribution in [1.29, 1.82) is 0 Å². The summed E-state index contributed by atoms with van der Waals surface area (Å²) in [6.45, 7) is 2.04. The number of halogens is 1. The van der Waals surface area contributed by atoms with E-state index in [4.69, 9.17) is 16.3 Å². The Morgan fingerprint density at radius 2 is 1.88 bits per heavy atom. The molecule has 7 heteroatoms. The molecule has 0 fully saturated rings. The first kappa shape index (κ1) is 18.5. The van der Waals surface area contributed by atoms with Gasteiger partial charge in [-0.1, -0.05) is 30.7 Å². The number of methoxy groups -OCH3 is 1. The minimum Gasteiger partial charge on any atom is -0.495 e. The third-order valence-electron chi connectivity index (χ3n) is 3.38. The Morgan fingerprint density at radius 3 is 2.48 bits per heavy atom. The molecule has 2 N–H and O–H groups in total. The highest BCUT2D eigenvalue weighted by Crippen LogP contribution is 2.24. The zero-order valence-corrected chi connectivity index (χ0v) is 14.6. The lowest BCUT2D eigenvalue weighted by atomic mass is 10.1. The molecule has 0 aromatic heterocycles. The number of hydrogen-bond acceptors (Lipinski definition) is 4. The lowest BCUT2D eigenvalue weighted by Gasteiger charge is -2.05. The van der Waals surface area contributed by atoms with Crippen LogP contribution in [0.5, 0.6) is 5.75 Å². The minimum atomic E-state index is -0.865. The Kier molecular flexibility index (Phi) is 6.54. The summed E-state index contributed by atoms with van der Waals surface area (Å²) in [7, 11) is 1.52. The van der Waals surface area contributed by atoms with Gasteiger partial charge in [0, 0.05) is 5.69 Å². The molecule has 0 heterocycles. The number of amides is 2. The highest BCUT2D eigenvalue weighted by molar-refractivity contribution is 6.39. The van der Waals surface area contributed by atoms with Crippen LogP contribution >= 0.6 is 11.6 Å². The zero-order valence-electron chi connectivity index (χ0n) is 13.9. The molecule has 0 atom stereocenters. The van der Waals surface area contributed by atoms with Crippen molar-refractivity contribution >= 4 is 35.3 Å². The summed E-state index contributed by atoms with van der Waals surface area (Å²) in [6, 6.07) is 12.3. The summed E-state index contributed by atoms with van der Waals surface area (Å²) in [6.07, 6.45) is 2.28. The van der Waals surface area contributed by atoms with E-state index in [1.165, 1.54) is 13.3 Å². The molecule has 2 aromatic carbocycles. The molecule has 0 aliphatic carbocycles. The van der Waals surface area contributed by atoms with Crippen LogP contribution < -0.4 is 15.5 Å². The van der Waals surface area contributed by atoms with Crippen LogP contribution in [0.4, 0.5) is 5.69 Å². The SMILES string of the molecule is CCc1ccc(NC(=O)C(=O)N/N=C\c2ccc(OC)c(Cl)c2)cc1. The third-order valence-corrected chi connectivity index (χ3v) is 3.68. The van der Waals surface area contributed by atoms with Gasteiger partial charge >= 0.3 is 11.8 Å². The monoisotopic (exact) mass is 359 g/mol. The molecule has 25 heavy (non-hydrogen) atoms. The summed E-state index contributed by atoms with van der Waals surface area (Å²) >= 11 is 6.00. The Balaban J connectivity index is 1.90. The summed E-state index contributed by atoms with van der Waals surface area (Å²) in [5.41, 5.74) is 4.51. The summed E-state index contributed by atoms with van der Waals surface area (Å²) < 4.78 is 5.05. The average Bonchev–Trinajstić information content (AvgIpc) is 2.62. The fourth-order valence-corrected chi connectivity index (χ4v) is 2.26. The number of hydrogen-bond donors (Lipinski definition) is 2. The molecule has 6 nitrogen and oxygen atoms in total. The molecular weight excluding hydrogens is 342 g/mol. The van der Waals surface area contributed by atoms with Gasteiger partial charge in [0.05, 0.1) is 18.3 Å². The number of hydrazone groups is 1. The molecule has 0 saturated heterocycles. The quantitative estimate of drug-likeness (QED) is 0.489. The lowest BCUT2D eigenvalue weighted by Crippen LogP contribution is -2.32. The molecule has 2 rings (SSSR count). The molecule has 0 unspecified atom stereocenters. The van der Waals surface area contributed by atoms with Crippen molar-refractivity contribution in [2.24, 2.45) is 5.10 Å². The highest BCUT2D eigenvalue weighted by Gasteiger charge is 2.12. The fraction of sp³-hybridized carbons (Fsp3) is 0.167. The smallest absolute Gasteiger partial charge is 0.329 e. The van der Waals surface area contributed by atoms with Gasteiger partial charge in [-0.2, -0.15) is 5.10 Å². The predicted molar refractivity (Wildman–Crippen MR) is 98.2 cm³/mol. The van der Waals surface area contributed by atoms with Crippen LogP contribution in [0.25, 0.3) is 0 Å². The molecule has 0 saturated carbocycles. The zero-order chi connectivity index (χ0) is 18.2. The molecule has 130 valence electrons. The van der Waals surface area contributed by atoms with Gasteiger partial charge in [0.2, 0.25) is 0 Å². The van der Waals surface area contributed by atoms with Gasteiger partial charge < -0.3 is 10.1 Å². The Hall–Kier alpha value is -2.86. The molecule has 0 bridgehead atoms. The number of anilines is 1. The van der Waals surface area contributed by atoms with Crippen molar-refractivity contribution in [2.75, 3.05) is 12.4 Å². The van der Waals surface area contributed by atoms with E-state index in [1.54, 1.807) is 30.3 Å². The first-order valence-electron chi connectivity index (χ1n) is 7.60. The van der Waals surface area contributed by atoms with E-state index in [1.807, 2.05) is 19.1 Å². The molecular formula is C18H18ClN3O3. The number of carbonyl (C=O) groups excluding carboxylic acids is 2. The van der Waals surface area contributed by atoms with Crippen LogP contribution in [0.1, 0.15) is 18.1 Å². The van der Waals surface area contributed by atoms with Crippen LogP contribution in [-0.4, -0.2) is 25.1 Å². The first-order chi connectivity index (χ1) is 12.0. The number of carbonyl (C=O) groups is 2. The van der Waals surface area contributed by atoms with Gasteiger partial charge in [0.25, 0.3) is 0 Å². The first-order valence-corrected chi connectivity index (χ1v) is 7.98. The lowest BCUT2D eigenvalue weighted by molar-refractivity contribution is -0.136. The summed E-state index contributed by atoms with van der Waals surface area (Å²) in [5, 5.41) is 6.67. The molecule has 0 radical (unpaired) electrons. The second-order valence-electron chi connectivity index (χ2n) is 5.10. The second kappa shape index (κ2) is 8.84. The number of ether oxygens (including phenoxy) is 1. The van der Waals surface area contributed by atoms with E-state index in [2.05, 4.69) is 15.8 Å². The van der Waals surface area contributed by atoms with E-state index in [0.717, 1.165) is 12.0 Å². The Bertz CT molecular complexity index is 789. The average molecular weight is 360 g/mol. The van der Waals surface area contributed by atoms with E-state index < -0.39 is 11.8 Å². The maximum absolute atomic E-state index is 11.8. The van der Waals surface area contributed by atoms with Crippen molar-refractivity contribution < 1.29 is 14.3 Å². The standard InChI is InChI=1S/C18H18ClN3O3/c1-3-12-4-7-14(8-5-12)21-17(23)18(24)22-20-11-13-6-9-16(25-2)15(19)10-13/h4-11H,3H2,1-2H3,(H,21,23)(H,22,24)/b20-11-. The van der Waals surface area contributed by atoms with Crippen LogP contribution in [0.3, 0.4) is 0 Å².